The minimum atomic E-state index is -0.725. The molecule has 0 amide bonds. The highest BCUT2D eigenvalue weighted by Crippen LogP contribution is 2.24. The lowest BCUT2D eigenvalue weighted by atomic mass is 10.3. The molecule has 0 saturated heterocycles. The molecule has 1 saturated carbocycles. The molecule has 0 aliphatic heterocycles. The minimum Gasteiger partial charge on any atom is -0.472 e. The van der Waals surface area contributed by atoms with Crippen molar-refractivity contribution in [3.63, 3.8) is 0 Å². The molecule has 1 aliphatic carbocycles. The van der Waals surface area contributed by atoms with Crippen molar-refractivity contribution in [3.05, 3.63) is 23.9 Å². The van der Waals surface area contributed by atoms with Gasteiger partial charge in [0, 0.05) is 6.07 Å². The van der Waals surface area contributed by atoms with Crippen LogP contribution in [-0.4, -0.2) is 11.1 Å². The first-order valence-electron chi connectivity index (χ1n) is 4.73. The minimum absolute atomic E-state index is 0.0439. The van der Waals surface area contributed by atoms with E-state index in [0.29, 0.717) is 0 Å². The van der Waals surface area contributed by atoms with Crippen LogP contribution in [-0.2, 0) is 0 Å². The molecule has 0 aromatic carbocycles. The summed E-state index contributed by atoms with van der Waals surface area (Å²) in [7, 11) is 0. The first-order chi connectivity index (χ1) is 6.75. The summed E-state index contributed by atoms with van der Waals surface area (Å²) in [6.07, 6.45) is 5.08. The van der Waals surface area contributed by atoms with E-state index in [2.05, 4.69) is 4.98 Å². The van der Waals surface area contributed by atoms with Crippen LogP contribution in [0.1, 0.15) is 25.7 Å². The van der Waals surface area contributed by atoms with Crippen LogP contribution >= 0.6 is 0 Å². The number of ether oxygens (including phenoxy) is 1. The Bertz CT molecular complexity index is 324. The van der Waals surface area contributed by atoms with Crippen LogP contribution in [0.3, 0.4) is 0 Å². The fourth-order valence-corrected chi connectivity index (χ4v) is 1.65. The average Bonchev–Trinajstić information content (AvgIpc) is 2.62. The van der Waals surface area contributed by atoms with E-state index >= 15 is 0 Å². The Morgan fingerprint density at radius 2 is 2.00 bits per heavy atom. The molecule has 2 nitrogen and oxygen atoms in total. The summed E-state index contributed by atoms with van der Waals surface area (Å²) in [5, 5.41) is 0. The van der Waals surface area contributed by atoms with Gasteiger partial charge in [-0.2, -0.15) is 0 Å². The van der Waals surface area contributed by atoms with Gasteiger partial charge in [-0.1, -0.05) is 0 Å². The van der Waals surface area contributed by atoms with Crippen molar-refractivity contribution in [1.82, 2.24) is 4.98 Å². The highest BCUT2D eigenvalue weighted by molar-refractivity contribution is 5.14. The van der Waals surface area contributed by atoms with Crippen LogP contribution < -0.4 is 4.74 Å². The average molecular weight is 199 g/mol. The van der Waals surface area contributed by atoms with Crippen LogP contribution in [0.4, 0.5) is 8.78 Å². The van der Waals surface area contributed by atoms with Crippen LogP contribution in [0.15, 0.2) is 12.3 Å². The summed E-state index contributed by atoms with van der Waals surface area (Å²) in [5.74, 6) is -1.49. The predicted octanol–water partition coefficient (Wildman–Crippen LogP) is 2.68. The maximum Gasteiger partial charge on any atom is 0.250 e. The first-order valence-corrected chi connectivity index (χ1v) is 4.73. The SMILES string of the molecule is Fc1cnc(OC2CCCC2)c(F)c1. The molecule has 0 radical (unpaired) electrons. The van der Waals surface area contributed by atoms with Gasteiger partial charge in [0.05, 0.1) is 6.20 Å². The van der Waals surface area contributed by atoms with E-state index in [1.165, 1.54) is 0 Å². The molecular weight excluding hydrogens is 188 g/mol. The van der Waals surface area contributed by atoms with Crippen molar-refractivity contribution < 1.29 is 13.5 Å². The highest BCUT2D eigenvalue weighted by atomic mass is 19.1. The van der Waals surface area contributed by atoms with Gasteiger partial charge < -0.3 is 4.74 Å². The number of nitrogens with zero attached hydrogens (tertiary/aromatic N) is 1. The van der Waals surface area contributed by atoms with E-state index in [4.69, 9.17) is 4.74 Å². The summed E-state index contributed by atoms with van der Waals surface area (Å²) >= 11 is 0. The second-order valence-electron chi connectivity index (χ2n) is 3.46. The molecule has 14 heavy (non-hydrogen) atoms. The molecule has 1 aliphatic rings. The third-order valence-electron chi connectivity index (χ3n) is 2.35. The predicted molar refractivity (Wildman–Crippen MR) is 47.0 cm³/mol. The van der Waals surface area contributed by atoms with Crippen molar-refractivity contribution in [3.8, 4) is 5.88 Å². The number of halogens is 2. The van der Waals surface area contributed by atoms with Crippen molar-refractivity contribution in [2.24, 2.45) is 0 Å². The van der Waals surface area contributed by atoms with Gasteiger partial charge >= 0.3 is 0 Å². The summed E-state index contributed by atoms with van der Waals surface area (Å²) < 4.78 is 30.9. The Labute approximate surface area is 80.9 Å². The zero-order valence-electron chi connectivity index (χ0n) is 7.67. The Kier molecular flexibility index (Phi) is 2.61. The molecule has 1 heterocycles. The third kappa shape index (κ3) is 2.00. The molecule has 76 valence electrons. The molecule has 2 rings (SSSR count). The molecule has 1 fully saturated rings. The van der Waals surface area contributed by atoms with Gasteiger partial charge in [-0.25, -0.2) is 13.8 Å². The molecular formula is C10H11F2NO. The molecule has 1 aromatic rings. The molecule has 0 N–H and O–H groups in total. The summed E-state index contributed by atoms with van der Waals surface area (Å²) in [6, 6.07) is 0.789. The number of aromatic nitrogens is 1. The Morgan fingerprint density at radius 3 is 2.64 bits per heavy atom. The summed E-state index contributed by atoms with van der Waals surface area (Å²) in [6.45, 7) is 0. The fraction of sp³-hybridized carbons (Fsp3) is 0.500. The van der Waals surface area contributed by atoms with Gasteiger partial charge in [-0.3, -0.25) is 0 Å². The van der Waals surface area contributed by atoms with Gasteiger partial charge in [0.2, 0.25) is 0 Å². The van der Waals surface area contributed by atoms with Gasteiger partial charge in [0.15, 0.2) is 5.82 Å². The Morgan fingerprint density at radius 1 is 1.29 bits per heavy atom. The highest BCUT2D eigenvalue weighted by Gasteiger charge is 2.18. The molecule has 4 heteroatoms. The number of rotatable bonds is 2. The number of pyridine rings is 1. The Hall–Kier alpha value is -1.19. The third-order valence-corrected chi connectivity index (χ3v) is 2.35. The van der Waals surface area contributed by atoms with Crippen LogP contribution in [0.2, 0.25) is 0 Å². The maximum absolute atomic E-state index is 13.1. The molecule has 0 atom stereocenters. The monoisotopic (exact) mass is 199 g/mol. The quantitative estimate of drug-likeness (QED) is 0.730. The zero-order chi connectivity index (χ0) is 9.97. The van der Waals surface area contributed by atoms with Crippen molar-refractivity contribution in [1.29, 1.82) is 0 Å². The number of hydrogen-bond acceptors (Lipinski definition) is 2. The van der Waals surface area contributed by atoms with Crippen molar-refractivity contribution in [2.75, 3.05) is 0 Å². The van der Waals surface area contributed by atoms with Gasteiger partial charge in [-0.15, -0.1) is 0 Å². The lowest BCUT2D eigenvalue weighted by Gasteiger charge is -2.11. The van der Waals surface area contributed by atoms with E-state index in [-0.39, 0.29) is 12.0 Å². The fourth-order valence-electron chi connectivity index (χ4n) is 1.65. The van der Waals surface area contributed by atoms with E-state index < -0.39 is 11.6 Å². The van der Waals surface area contributed by atoms with Crippen LogP contribution in [0.5, 0.6) is 5.88 Å². The van der Waals surface area contributed by atoms with Crippen molar-refractivity contribution >= 4 is 0 Å². The van der Waals surface area contributed by atoms with Gasteiger partial charge in [0.1, 0.15) is 11.9 Å². The van der Waals surface area contributed by atoms with E-state index in [0.717, 1.165) is 37.9 Å². The molecule has 0 unspecified atom stereocenters. The molecule has 0 bridgehead atoms. The van der Waals surface area contributed by atoms with E-state index in [9.17, 15) is 8.78 Å². The lowest BCUT2D eigenvalue weighted by Crippen LogP contribution is -2.13. The second-order valence-corrected chi connectivity index (χ2v) is 3.46. The second kappa shape index (κ2) is 3.90. The van der Waals surface area contributed by atoms with E-state index in [1.54, 1.807) is 0 Å². The standard InChI is InChI=1S/C10H11F2NO/c11-7-5-9(12)10(13-6-7)14-8-3-1-2-4-8/h5-6,8H,1-4H2. The van der Waals surface area contributed by atoms with Crippen LogP contribution in [0, 0.1) is 11.6 Å². The smallest absolute Gasteiger partial charge is 0.250 e. The van der Waals surface area contributed by atoms with E-state index in [1.807, 2.05) is 0 Å². The topological polar surface area (TPSA) is 22.1 Å². The van der Waals surface area contributed by atoms with Crippen LogP contribution in [0.25, 0.3) is 0 Å². The lowest BCUT2D eigenvalue weighted by molar-refractivity contribution is 0.191. The van der Waals surface area contributed by atoms with Gasteiger partial charge in [0.25, 0.3) is 5.88 Å². The van der Waals surface area contributed by atoms with Gasteiger partial charge in [-0.05, 0) is 25.7 Å². The zero-order valence-corrected chi connectivity index (χ0v) is 7.67. The maximum atomic E-state index is 13.1. The number of hydrogen-bond donors (Lipinski definition) is 0. The molecule has 0 spiro atoms. The summed E-state index contributed by atoms with van der Waals surface area (Å²) in [5.41, 5.74) is 0. The normalized spacial score (nSPS) is 17.3. The molecule has 1 aromatic heterocycles. The summed E-state index contributed by atoms with van der Waals surface area (Å²) in [4.78, 5) is 3.57. The first kappa shape index (κ1) is 9.37. The Balaban J connectivity index is 2.08. The largest absolute Gasteiger partial charge is 0.472 e. The van der Waals surface area contributed by atoms with Crippen molar-refractivity contribution in [2.45, 2.75) is 31.8 Å².